The summed E-state index contributed by atoms with van der Waals surface area (Å²) in [6.45, 7) is 1.72. The molecule has 24 heavy (non-hydrogen) atoms. The van der Waals surface area contributed by atoms with Gasteiger partial charge in [0, 0.05) is 31.8 Å². The Morgan fingerprint density at radius 2 is 2.17 bits per heavy atom. The van der Waals surface area contributed by atoms with Gasteiger partial charge in [0.15, 0.2) is 5.82 Å². The molecule has 1 aliphatic carbocycles. The van der Waals surface area contributed by atoms with Crippen molar-refractivity contribution in [2.24, 2.45) is 0 Å². The van der Waals surface area contributed by atoms with Gasteiger partial charge in [0.25, 0.3) is 0 Å². The van der Waals surface area contributed by atoms with Crippen molar-refractivity contribution in [1.29, 1.82) is 0 Å². The number of aromatic nitrogens is 4. The van der Waals surface area contributed by atoms with Crippen molar-refractivity contribution in [2.45, 2.75) is 50.9 Å². The summed E-state index contributed by atoms with van der Waals surface area (Å²) in [5, 5.41) is 13.9. The maximum absolute atomic E-state index is 12.7. The topological polar surface area (TPSA) is 74.8 Å². The molecule has 6 nitrogen and oxygen atoms in total. The second kappa shape index (κ2) is 6.71. The SMILES string of the molecule is O=C(CCCc1nn[nH]n1)N1CCc2cccc3c2C(CCC3)C1. The Labute approximate surface area is 141 Å². The third-order valence-corrected chi connectivity index (χ3v) is 5.32. The zero-order chi connectivity index (χ0) is 16.4. The highest BCUT2D eigenvalue weighted by Crippen LogP contribution is 2.36. The van der Waals surface area contributed by atoms with Crippen LogP contribution >= 0.6 is 0 Å². The van der Waals surface area contributed by atoms with Gasteiger partial charge < -0.3 is 4.90 Å². The first-order valence-corrected chi connectivity index (χ1v) is 8.92. The maximum atomic E-state index is 12.7. The maximum Gasteiger partial charge on any atom is 0.222 e. The van der Waals surface area contributed by atoms with Gasteiger partial charge in [0.1, 0.15) is 0 Å². The molecule has 1 amide bonds. The standard InChI is InChI=1S/C18H23N5O/c24-17(9-3-8-16-19-21-22-20-16)23-11-10-14-6-1-4-13-5-2-7-15(12-23)18(13)14/h1,4,6,15H,2-3,5,7-12H2,(H,19,20,21,22). The van der Waals surface area contributed by atoms with Crippen LogP contribution in [0.3, 0.4) is 0 Å². The summed E-state index contributed by atoms with van der Waals surface area (Å²) < 4.78 is 0. The number of rotatable bonds is 4. The van der Waals surface area contributed by atoms with E-state index in [9.17, 15) is 4.79 Å². The molecule has 1 atom stereocenters. The Bertz CT molecular complexity index is 712. The fourth-order valence-corrected chi connectivity index (χ4v) is 4.18. The van der Waals surface area contributed by atoms with Crippen LogP contribution in [-0.2, 0) is 24.1 Å². The summed E-state index contributed by atoms with van der Waals surface area (Å²) in [6, 6.07) is 6.70. The van der Waals surface area contributed by atoms with Gasteiger partial charge in [-0.1, -0.05) is 23.4 Å². The van der Waals surface area contributed by atoms with Crippen LogP contribution in [0, 0.1) is 0 Å². The molecule has 1 aliphatic heterocycles. The first-order chi connectivity index (χ1) is 11.8. The number of carbonyl (C=O) groups excluding carboxylic acids is 1. The van der Waals surface area contributed by atoms with Crippen LogP contribution in [0.4, 0.5) is 0 Å². The second-order valence-corrected chi connectivity index (χ2v) is 6.85. The lowest BCUT2D eigenvalue weighted by molar-refractivity contribution is -0.131. The van der Waals surface area contributed by atoms with Crippen molar-refractivity contribution in [2.75, 3.05) is 13.1 Å². The predicted molar refractivity (Wildman–Crippen MR) is 89.5 cm³/mol. The Kier molecular flexibility index (Phi) is 4.28. The van der Waals surface area contributed by atoms with E-state index in [1.165, 1.54) is 30.4 Å². The number of aryl methyl sites for hydroxylation is 2. The summed E-state index contributed by atoms with van der Waals surface area (Å²) in [6.07, 6.45) is 6.65. The second-order valence-electron chi connectivity index (χ2n) is 6.85. The molecule has 1 unspecified atom stereocenters. The lowest BCUT2D eigenvalue weighted by Gasteiger charge is -2.29. The number of aromatic amines is 1. The van der Waals surface area contributed by atoms with Crippen molar-refractivity contribution in [3.8, 4) is 0 Å². The average Bonchev–Trinajstić information content (AvgIpc) is 3.04. The molecular formula is C18H23N5O. The fraction of sp³-hybridized carbons (Fsp3) is 0.556. The Hall–Kier alpha value is -2.24. The number of carbonyl (C=O) groups is 1. The molecule has 0 saturated carbocycles. The lowest BCUT2D eigenvalue weighted by atomic mass is 9.80. The average molecular weight is 325 g/mol. The van der Waals surface area contributed by atoms with E-state index in [4.69, 9.17) is 0 Å². The molecule has 0 spiro atoms. The summed E-state index contributed by atoms with van der Waals surface area (Å²) in [5.41, 5.74) is 4.51. The molecule has 0 saturated heterocycles. The van der Waals surface area contributed by atoms with E-state index >= 15 is 0 Å². The first-order valence-electron chi connectivity index (χ1n) is 8.92. The highest BCUT2D eigenvalue weighted by atomic mass is 16.2. The molecule has 0 fully saturated rings. The minimum absolute atomic E-state index is 0.262. The molecule has 0 bridgehead atoms. The predicted octanol–water partition coefficient (Wildman–Crippen LogP) is 2.03. The van der Waals surface area contributed by atoms with Crippen LogP contribution in [0.1, 0.15) is 54.1 Å². The number of amides is 1. The lowest BCUT2D eigenvalue weighted by Crippen LogP contribution is -2.35. The van der Waals surface area contributed by atoms with Crippen molar-refractivity contribution in [3.05, 3.63) is 40.7 Å². The Morgan fingerprint density at radius 3 is 3.00 bits per heavy atom. The van der Waals surface area contributed by atoms with Gasteiger partial charge in [0.2, 0.25) is 5.91 Å². The minimum atomic E-state index is 0.262. The van der Waals surface area contributed by atoms with Crippen molar-refractivity contribution in [3.63, 3.8) is 0 Å². The van der Waals surface area contributed by atoms with Crippen molar-refractivity contribution in [1.82, 2.24) is 25.5 Å². The van der Waals surface area contributed by atoms with E-state index in [2.05, 4.69) is 43.7 Å². The molecule has 2 aliphatic rings. The number of nitrogens with one attached hydrogen (secondary N) is 1. The van der Waals surface area contributed by atoms with Crippen LogP contribution in [-0.4, -0.2) is 44.5 Å². The molecule has 126 valence electrons. The fourth-order valence-electron chi connectivity index (χ4n) is 4.18. The zero-order valence-corrected chi connectivity index (χ0v) is 13.9. The number of H-pyrrole nitrogens is 1. The van der Waals surface area contributed by atoms with E-state index in [1.54, 1.807) is 5.56 Å². The summed E-state index contributed by atoms with van der Waals surface area (Å²) >= 11 is 0. The highest BCUT2D eigenvalue weighted by molar-refractivity contribution is 5.76. The summed E-state index contributed by atoms with van der Waals surface area (Å²) in [4.78, 5) is 14.7. The smallest absolute Gasteiger partial charge is 0.222 e. The highest BCUT2D eigenvalue weighted by Gasteiger charge is 2.29. The molecule has 2 aromatic rings. The Morgan fingerprint density at radius 1 is 1.29 bits per heavy atom. The largest absolute Gasteiger partial charge is 0.342 e. The van der Waals surface area contributed by atoms with Gasteiger partial charge >= 0.3 is 0 Å². The summed E-state index contributed by atoms with van der Waals surface area (Å²) in [7, 11) is 0. The third-order valence-electron chi connectivity index (χ3n) is 5.32. The van der Waals surface area contributed by atoms with Crippen LogP contribution in [0.2, 0.25) is 0 Å². The first kappa shape index (κ1) is 15.3. The normalized spacial score (nSPS) is 19.7. The third kappa shape index (κ3) is 3.05. The van der Waals surface area contributed by atoms with E-state index in [0.29, 0.717) is 24.6 Å². The van der Waals surface area contributed by atoms with E-state index < -0.39 is 0 Å². The molecule has 2 heterocycles. The van der Waals surface area contributed by atoms with Crippen molar-refractivity contribution < 1.29 is 4.79 Å². The number of benzene rings is 1. The number of hydrogen-bond donors (Lipinski definition) is 1. The van der Waals surface area contributed by atoms with Crippen LogP contribution in [0.5, 0.6) is 0 Å². The van der Waals surface area contributed by atoms with E-state index in [0.717, 1.165) is 25.9 Å². The van der Waals surface area contributed by atoms with Crippen molar-refractivity contribution >= 4 is 5.91 Å². The molecule has 0 radical (unpaired) electrons. The van der Waals surface area contributed by atoms with Gasteiger partial charge in [-0.05, 0) is 48.8 Å². The zero-order valence-electron chi connectivity index (χ0n) is 13.9. The molecular weight excluding hydrogens is 302 g/mol. The number of nitrogens with zero attached hydrogens (tertiary/aromatic N) is 4. The number of hydrogen-bond acceptors (Lipinski definition) is 4. The summed E-state index contributed by atoms with van der Waals surface area (Å²) in [5.74, 6) is 1.47. The van der Waals surface area contributed by atoms with E-state index in [1.807, 2.05) is 0 Å². The van der Waals surface area contributed by atoms with Gasteiger partial charge in [0.05, 0.1) is 0 Å². The van der Waals surface area contributed by atoms with Gasteiger partial charge in [-0.25, -0.2) is 0 Å². The molecule has 6 heteroatoms. The van der Waals surface area contributed by atoms with Crippen LogP contribution < -0.4 is 0 Å². The Balaban J connectivity index is 1.41. The quantitative estimate of drug-likeness (QED) is 0.933. The van der Waals surface area contributed by atoms with Gasteiger partial charge in [-0.15, -0.1) is 10.2 Å². The van der Waals surface area contributed by atoms with Crippen LogP contribution in [0.25, 0.3) is 0 Å². The minimum Gasteiger partial charge on any atom is -0.342 e. The monoisotopic (exact) mass is 325 g/mol. The molecule has 1 aromatic heterocycles. The van der Waals surface area contributed by atoms with Gasteiger partial charge in [-0.2, -0.15) is 5.21 Å². The van der Waals surface area contributed by atoms with E-state index in [-0.39, 0.29) is 5.91 Å². The number of tetrazole rings is 1. The van der Waals surface area contributed by atoms with Crippen LogP contribution in [0.15, 0.2) is 18.2 Å². The molecule has 1 aromatic carbocycles. The van der Waals surface area contributed by atoms with Gasteiger partial charge in [-0.3, -0.25) is 4.79 Å². The molecule has 4 rings (SSSR count). The molecule has 1 N–H and O–H groups in total.